The number of ether oxygens (including phenoxy) is 3. The minimum absolute atomic E-state index is 0.0323. The summed E-state index contributed by atoms with van der Waals surface area (Å²) in [6, 6.07) is 19.4. The highest BCUT2D eigenvalue weighted by Crippen LogP contribution is 2.28. The molecule has 41 heavy (non-hydrogen) atoms. The molecule has 218 valence electrons. The van der Waals surface area contributed by atoms with Gasteiger partial charge in [0.15, 0.2) is 6.10 Å². The molecule has 1 aliphatic rings. The van der Waals surface area contributed by atoms with E-state index in [9.17, 15) is 18.0 Å². The maximum atomic E-state index is 16.2. The lowest BCUT2D eigenvalue weighted by atomic mass is 9.92. The van der Waals surface area contributed by atoms with Crippen molar-refractivity contribution < 1.29 is 41.0 Å². The predicted octanol–water partition coefficient (Wildman–Crippen LogP) is 3.49. The highest BCUT2D eigenvalue weighted by atomic mass is 32.2. The Bertz CT molecular complexity index is 1390. The number of Topliss-reactive ketones (excluding diaryl/α,β-unsaturated/α-hetero) is 1. The Morgan fingerprint density at radius 1 is 0.854 bits per heavy atom. The van der Waals surface area contributed by atoms with Crippen molar-refractivity contribution in [2.75, 3.05) is 20.0 Å². The molecule has 0 aromatic heterocycles. The molecule has 1 fully saturated rings. The van der Waals surface area contributed by atoms with Crippen LogP contribution in [-0.4, -0.2) is 64.4 Å². The van der Waals surface area contributed by atoms with Crippen molar-refractivity contribution in [1.29, 1.82) is 0 Å². The van der Waals surface area contributed by atoms with Crippen molar-refractivity contribution in [3.8, 4) is 0 Å². The van der Waals surface area contributed by atoms with E-state index in [-0.39, 0.29) is 31.3 Å². The van der Waals surface area contributed by atoms with E-state index >= 15 is 8.78 Å². The van der Waals surface area contributed by atoms with Gasteiger partial charge in [0.1, 0.15) is 12.8 Å². The molecule has 0 spiro atoms. The Morgan fingerprint density at radius 3 is 1.93 bits per heavy atom. The van der Waals surface area contributed by atoms with Gasteiger partial charge in [0, 0.05) is 6.42 Å². The van der Waals surface area contributed by atoms with Crippen molar-refractivity contribution in [3.63, 3.8) is 0 Å². The summed E-state index contributed by atoms with van der Waals surface area (Å²) in [4.78, 5) is 26.0. The van der Waals surface area contributed by atoms with Crippen molar-refractivity contribution in [2.24, 2.45) is 0 Å². The van der Waals surface area contributed by atoms with Gasteiger partial charge >= 0.3 is 12.0 Å². The van der Waals surface area contributed by atoms with Gasteiger partial charge in [-0.2, -0.15) is 8.78 Å². The molecular weight excluding hydrogens is 558 g/mol. The topological polar surface area (TPSA) is 120 Å². The zero-order valence-electron chi connectivity index (χ0n) is 21.9. The zero-order valence-corrected chi connectivity index (χ0v) is 22.8. The number of amides is 1. The molecule has 2 atom stereocenters. The van der Waals surface area contributed by atoms with Crippen molar-refractivity contribution in [3.05, 3.63) is 102 Å². The molecule has 2 N–H and O–H groups in total. The van der Waals surface area contributed by atoms with Gasteiger partial charge in [-0.05, 0) is 29.7 Å². The van der Waals surface area contributed by atoms with Crippen LogP contribution in [0, 0.1) is 0 Å². The molecule has 1 amide bonds. The number of carbonyl (C=O) groups is 2. The predicted molar refractivity (Wildman–Crippen MR) is 145 cm³/mol. The van der Waals surface area contributed by atoms with E-state index in [1.54, 1.807) is 66.7 Å². The fourth-order valence-corrected chi connectivity index (χ4v) is 5.53. The summed E-state index contributed by atoms with van der Waals surface area (Å²) in [5.41, 5.74) is 0.876. The van der Waals surface area contributed by atoms with E-state index in [0.717, 1.165) is 0 Å². The number of ketones is 1. The third-order valence-corrected chi connectivity index (χ3v) is 7.83. The van der Waals surface area contributed by atoms with E-state index in [1.807, 2.05) is 4.72 Å². The monoisotopic (exact) mass is 588 g/mol. The second-order valence-corrected chi connectivity index (χ2v) is 11.2. The first-order valence-electron chi connectivity index (χ1n) is 12.8. The summed E-state index contributed by atoms with van der Waals surface area (Å²) in [5.74, 6) is -5.92. The van der Waals surface area contributed by atoms with Gasteiger partial charge in [0.2, 0.25) is 15.8 Å². The summed E-state index contributed by atoms with van der Waals surface area (Å²) in [6.45, 7) is 0.118. The van der Waals surface area contributed by atoms with Crippen LogP contribution in [0.15, 0.2) is 95.9 Å². The first-order chi connectivity index (χ1) is 19.6. The molecule has 1 unspecified atom stereocenters. The van der Waals surface area contributed by atoms with Crippen LogP contribution in [0.25, 0.3) is 0 Å². The molecule has 9 nitrogen and oxygen atoms in total. The summed E-state index contributed by atoms with van der Waals surface area (Å²) in [5, 5.41) is 2.25. The minimum atomic E-state index is -4.45. The normalized spacial score (nSPS) is 16.0. The first kappa shape index (κ1) is 30.3. The standard InChI is InChI=1S/C29H30F2N2O7S/c30-29(31,26(17-22-12-6-2-7-13-22)33-41(36,37)24-14-8-3-9-15-24)27(34)25(16-21-10-4-1-5-11-21)32-28(35)40-23-18-38-20-39-19-23/h1-15,23,25-26,33H,16-20H2,(H,32,35)/t25-,26?/m0/s1. The molecule has 0 bridgehead atoms. The molecule has 3 aromatic carbocycles. The largest absolute Gasteiger partial charge is 0.441 e. The molecule has 1 aliphatic heterocycles. The van der Waals surface area contributed by atoms with Gasteiger partial charge in [-0.25, -0.2) is 17.9 Å². The number of alkyl halides is 2. The third-order valence-electron chi connectivity index (χ3n) is 6.34. The first-order valence-corrected chi connectivity index (χ1v) is 14.3. The molecule has 0 radical (unpaired) electrons. The van der Waals surface area contributed by atoms with Crippen molar-refractivity contribution in [2.45, 2.75) is 41.8 Å². The number of hydrogen-bond acceptors (Lipinski definition) is 7. The van der Waals surface area contributed by atoms with Crippen LogP contribution in [0.3, 0.4) is 0 Å². The van der Waals surface area contributed by atoms with E-state index < -0.39 is 52.4 Å². The second-order valence-electron chi connectivity index (χ2n) is 9.44. The summed E-state index contributed by atoms with van der Waals surface area (Å²) in [7, 11) is -4.45. The lowest BCUT2D eigenvalue weighted by Crippen LogP contribution is -2.59. The maximum Gasteiger partial charge on any atom is 0.408 e. The summed E-state index contributed by atoms with van der Waals surface area (Å²) < 4.78 is 75.9. The number of rotatable bonds is 12. The van der Waals surface area contributed by atoms with Gasteiger partial charge in [0.25, 0.3) is 0 Å². The van der Waals surface area contributed by atoms with Gasteiger partial charge < -0.3 is 19.5 Å². The average molecular weight is 589 g/mol. The zero-order chi connectivity index (χ0) is 29.3. The number of hydrogen-bond donors (Lipinski definition) is 2. The van der Waals surface area contributed by atoms with E-state index in [1.165, 1.54) is 24.3 Å². The van der Waals surface area contributed by atoms with E-state index in [4.69, 9.17) is 14.2 Å². The molecule has 0 aliphatic carbocycles. The van der Waals surface area contributed by atoms with E-state index in [0.29, 0.717) is 11.1 Å². The van der Waals surface area contributed by atoms with Crippen LogP contribution in [0.5, 0.6) is 0 Å². The van der Waals surface area contributed by atoms with Gasteiger partial charge in [-0.3, -0.25) is 4.79 Å². The lowest BCUT2D eigenvalue weighted by molar-refractivity contribution is -0.153. The number of benzene rings is 3. The molecule has 3 aromatic rings. The number of carbonyl (C=O) groups excluding carboxylic acids is 2. The number of halogens is 2. The summed E-state index contributed by atoms with van der Waals surface area (Å²) in [6.07, 6.45) is -2.69. The van der Waals surface area contributed by atoms with Gasteiger partial charge in [0.05, 0.1) is 24.2 Å². The van der Waals surface area contributed by atoms with Crippen LogP contribution in [0.1, 0.15) is 11.1 Å². The fraction of sp³-hybridized carbons (Fsp3) is 0.310. The number of alkyl carbamates (subject to hydrolysis) is 1. The smallest absolute Gasteiger partial charge is 0.408 e. The van der Waals surface area contributed by atoms with Crippen LogP contribution in [0.4, 0.5) is 13.6 Å². The maximum absolute atomic E-state index is 16.2. The van der Waals surface area contributed by atoms with Crippen molar-refractivity contribution >= 4 is 21.9 Å². The highest BCUT2D eigenvalue weighted by Gasteiger charge is 2.51. The van der Waals surface area contributed by atoms with Gasteiger partial charge in [-0.1, -0.05) is 78.9 Å². The third kappa shape index (κ3) is 8.40. The lowest BCUT2D eigenvalue weighted by Gasteiger charge is -2.30. The van der Waals surface area contributed by atoms with Crippen molar-refractivity contribution in [1.82, 2.24) is 10.0 Å². The Kier molecular flexibility index (Phi) is 10.2. The minimum Gasteiger partial charge on any atom is -0.441 e. The van der Waals surface area contributed by atoms with E-state index in [2.05, 4.69) is 5.32 Å². The Labute approximate surface area is 236 Å². The van der Waals surface area contributed by atoms with Crippen LogP contribution >= 0.6 is 0 Å². The SMILES string of the molecule is O=C(N[C@@H](Cc1ccccc1)C(=O)C(F)(F)C(Cc1ccccc1)NS(=O)(=O)c1ccccc1)OC1COCOC1. The molecule has 12 heteroatoms. The Hall–Kier alpha value is -3.71. The molecule has 0 saturated carbocycles. The fourth-order valence-electron chi connectivity index (χ4n) is 4.27. The molecule has 1 saturated heterocycles. The average Bonchev–Trinajstić information content (AvgIpc) is 2.98. The molecule has 4 rings (SSSR count). The quantitative estimate of drug-likeness (QED) is 0.332. The highest BCUT2D eigenvalue weighted by molar-refractivity contribution is 7.89. The van der Waals surface area contributed by atoms with Gasteiger partial charge in [-0.15, -0.1) is 0 Å². The Balaban J connectivity index is 1.62. The van der Waals surface area contributed by atoms with Crippen LogP contribution < -0.4 is 10.0 Å². The summed E-state index contributed by atoms with van der Waals surface area (Å²) >= 11 is 0. The molecular formula is C29H30F2N2O7S. The second kappa shape index (κ2) is 13.8. The molecule has 1 heterocycles. The van der Waals surface area contributed by atoms with Crippen LogP contribution in [-0.2, 0) is 41.9 Å². The number of nitrogens with one attached hydrogen (secondary N) is 2. The Morgan fingerprint density at radius 2 is 1.37 bits per heavy atom. The number of sulfonamides is 1. The van der Waals surface area contributed by atoms with Crippen LogP contribution in [0.2, 0.25) is 0 Å².